The summed E-state index contributed by atoms with van der Waals surface area (Å²) >= 11 is 0. The van der Waals surface area contributed by atoms with E-state index in [0.29, 0.717) is 17.9 Å². The third-order valence-corrected chi connectivity index (χ3v) is 3.91. The number of hydrogen-bond donors (Lipinski definition) is 2. The normalized spacial score (nSPS) is 10.2. The maximum absolute atomic E-state index is 12.2. The number of benzene rings is 2. The number of carbonyl (C=O) groups is 1. The average Bonchev–Trinajstić information content (AvgIpc) is 2.69. The quantitative estimate of drug-likeness (QED) is 0.682. The van der Waals surface area contributed by atoms with E-state index in [9.17, 15) is 4.79 Å². The van der Waals surface area contributed by atoms with Gasteiger partial charge in [0.2, 0.25) is 0 Å². The van der Waals surface area contributed by atoms with E-state index in [2.05, 4.69) is 15.6 Å². The number of methoxy groups -OCH3 is 1. The molecule has 1 aromatic heterocycles. The zero-order valence-corrected chi connectivity index (χ0v) is 14.6. The number of amides is 1. The van der Waals surface area contributed by atoms with Crippen LogP contribution in [-0.2, 0) is 6.42 Å². The summed E-state index contributed by atoms with van der Waals surface area (Å²) < 4.78 is 5.20. The van der Waals surface area contributed by atoms with Gasteiger partial charge in [-0.1, -0.05) is 30.3 Å². The van der Waals surface area contributed by atoms with Gasteiger partial charge in [0.05, 0.1) is 12.7 Å². The van der Waals surface area contributed by atoms with Gasteiger partial charge < -0.3 is 15.4 Å². The molecular weight excluding hydrogens is 326 g/mol. The first kappa shape index (κ1) is 17.5. The fraction of sp³-hybridized carbons (Fsp3) is 0.143. The van der Waals surface area contributed by atoms with Gasteiger partial charge in [-0.3, -0.25) is 4.79 Å². The Morgan fingerprint density at radius 1 is 1.04 bits per heavy atom. The standard InChI is InChI=1S/C21H21N3O2/c1-26-19-9-5-6-16(14-19)12-13-22-21(25)17-10-11-20(23-15-17)24-18-7-3-2-4-8-18/h2-11,14-15H,12-13H2,1H3,(H,22,25)(H,23,24). The van der Waals surface area contributed by atoms with E-state index in [0.717, 1.165) is 23.4 Å². The number of aromatic nitrogens is 1. The van der Waals surface area contributed by atoms with E-state index < -0.39 is 0 Å². The number of nitrogens with zero attached hydrogens (tertiary/aromatic N) is 1. The molecule has 5 heteroatoms. The summed E-state index contributed by atoms with van der Waals surface area (Å²) in [6, 6.07) is 21.2. The number of anilines is 2. The molecule has 0 aliphatic rings. The molecule has 3 aromatic rings. The van der Waals surface area contributed by atoms with Crippen LogP contribution in [-0.4, -0.2) is 24.5 Å². The molecule has 1 amide bonds. The molecule has 0 radical (unpaired) electrons. The molecule has 0 atom stereocenters. The van der Waals surface area contributed by atoms with Crippen LogP contribution in [0, 0.1) is 0 Å². The minimum Gasteiger partial charge on any atom is -0.497 e. The van der Waals surface area contributed by atoms with Crippen molar-refractivity contribution < 1.29 is 9.53 Å². The Morgan fingerprint density at radius 2 is 1.88 bits per heavy atom. The first-order valence-corrected chi connectivity index (χ1v) is 8.44. The second kappa shape index (κ2) is 8.67. The monoisotopic (exact) mass is 347 g/mol. The van der Waals surface area contributed by atoms with E-state index in [4.69, 9.17) is 4.74 Å². The van der Waals surface area contributed by atoms with Gasteiger partial charge in [0, 0.05) is 18.4 Å². The minimum atomic E-state index is -0.133. The van der Waals surface area contributed by atoms with E-state index in [-0.39, 0.29) is 5.91 Å². The van der Waals surface area contributed by atoms with Gasteiger partial charge in [-0.05, 0) is 48.4 Å². The lowest BCUT2D eigenvalue weighted by Gasteiger charge is -2.08. The summed E-state index contributed by atoms with van der Waals surface area (Å²) in [5.74, 6) is 1.38. The van der Waals surface area contributed by atoms with Crippen molar-refractivity contribution in [3.05, 3.63) is 84.1 Å². The zero-order chi connectivity index (χ0) is 18.2. The van der Waals surface area contributed by atoms with Crippen molar-refractivity contribution in [3.63, 3.8) is 0 Å². The largest absolute Gasteiger partial charge is 0.497 e. The molecule has 2 N–H and O–H groups in total. The van der Waals surface area contributed by atoms with Gasteiger partial charge >= 0.3 is 0 Å². The molecule has 0 spiro atoms. The third kappa shape index (κ3) is 4.83. The summed E-state index contributed by atoms with van der Waals surface area (Å²) in [7, 11) is 1.64. The molecule has 0 saturated carbocycles. The summed E-state index contributed by atoms with van der Waals surface area (Å²) in [4.78, 5) is 16.5. The predicted molar refractivity (Wildman–Crippen MR) is 103 cm³/mol. The van der Waals surface area contributed by atoms with E-state index in [1.807, 2.05) is 54.6 Å². The lowest BCUT2D eigenvalue weighted by molar-refractivity contribution is 0.0954. The lowest BCUT2D eigenvalue weighted by atomic mass is 10.1. The van der Waals surface area contributed by atoms with E-state index >= 15 is 0 Å². The van der Waals surface area contributed by atoms with Crippen LogP contribution >= 0.6 is 0 Å². The highest BCUT2D eigenvalue weighted by Gasteiger charge is 2.06. The van der Waals surface area contributed by atoms with Gasteiger partial charge in [0.25, 0.3) is 5.91 Å². The van der Waals surface area contributed by atoms with Crippen LogP contribution in [0.4, 0.5) is 11.5 Å². The molecule has 0 saturated heterocycles. The molecule has 0 bridgehead atoms. The Bertz CT molecular complexity index is 849. The van der Waals surface area contributed by atoms with Crippen LogP contribution in [0.3, 0.4) is 0 Å². The molecule has 1 heterocycles. The van der Waals surface area contributed by atoms with Crippen LogP contribution in [0.5, 0.6) is 5.75 Å². The maximum atomic E-state index is 12.2. The second-order valence-electron chi connectivity index (χ2n) is 5.78. The Kier molecular flexibility index (Phi) is 5.83. The molecular formula is C21H21N3O2. The number of rotatable bonds is 7. The van der Waals surface area contributed by atoms with Crippen molar-refractivity contribution in [2.45, 2.75) is 6.42 Å². The van der Waals surface area contributed by atoms with Crippen LogP contribution in [0.1, 0.15) is 15.9 Å². The van der Waals surface area contributed by atoms with Gasteiger partial charge in [0.15, 0.2) is 0 Å². The number of ether oxygens (including phenoxy) is 1. The molecule has 2 aromatic carbocycles. The molecule has 0 unspecified atom stereocenters. The van der Waals surface area contributed by atoms with Crippen molar-refractivity contribution in [1.82, 2.24) is 10.3 Å². The summed E-state index contributed by atoms with van der Waals surface area (Å²) in [6.07, 6.45) is 2.32. The highest BCUT2D eigenvalue weighted by Crippen LogP contribution is 2.14. The van der Waals surface area contributed by atoms with Crippen LogP contribution in [0.25, 0.3) is 0 Å². The number of nitrogens with one attached hydrogen (secondary N) is 2. The molecule has 5 nitrogen and oxygen atoms in total. The lowest BCUT2D eigenvalue weighted by Crippen LogP contribution is -2.25. The van der Waals surface area contributed by atoms with Crippen molar-refractivity contribution >= 4 is 17.4 Å². The highest BCUT2D eigenvalue weighted by molar-refractivity contribution is 5.94. The van der Waals surface area contributed by atoms with Crippen molar-refractivity contribution in [2.75, 3.05) is 19.0 Å². The summed E-state index contributed by atoms with van der Waals surface area (Å²) in [6.45, 7) is 0.552. The molecule has 0 aliphatic heterocycles. The van der Waals surface area contributed by atoms with Crippen LogP contribution in [0.15, 0.2) is 72.9 Å². The first-order chi connectivity index (χ1) is 12.7. The Hall–Kier alpha value is -3.34. The first-order valence-electron chi connectivity index (χ1n) is 8.44. The van der Waals surface area contributed by atoms with Gasteiger partial charge in [-0.15, -0.1) is 0 Å². The predicted octanol–water partition coefficient (Wildman–Crippen LogP) is 3.81. The molecule has 26 heavy (non-hydrogen) atoms. The molecule has 0 aliphatic carbocycles. The van der Waals surface area contributed by atoms with Gasteiger partial charge in [-0.2, -0.15) is 0 Å². The van der Waals surface area contributed by atoms with Crippen LogP contribution in [0.2, 0.25) is 0 Å². The molecule has 0 fully saturated rings. The maximum Gasteiger partial charge on any atom is 0.252 e. The van der Waals surface area contributed by atoms with E-state index in [1.54, 1.807) is 25.4 Å². The average molecular weight is 347 g/mol. The number of hydrogen-bond acceptors (Lipinski definition) is 4. The topological polar surface area (TPSA) is 63.2 Å². The summed E-state index contributed by atoms with van der Waals surface area (Å²) in [5.41, 5.74) is 2.61. The van der Waals surface area contributed by atoms with Crippen molar-refractivity contribution in [1.29, 1.82) is 0 Å². The zero-order valence-electron chi connectivity index (χ0n) is 14.6. The fourth-order valence-electron chi connectivity index (χ4n) is 2.52. The van der Waals surface area contributed by atoms with Crippen molar-refractivity contribution in [3.8, 4) is 5.75 Å². The van der Waals surface area contributed by atoms with Gasteiger partial charge in [-0.25, -0.2) is 4.98 Å². The minimum absolute atomic E-state index is 0.133. The number of para-hydroxylation sites is 1. The Labute approximate surface area is 153 Å². The smallest absolute Gasteiger partial charge is 0.252 e. The Morgan fingerprint density at radius 3 is 2.62 bits per heavy atom. The van der Waals surface area contributed by atoms with Crippen LogP contribution < -0.4 is 15.4 Å². The SMILES string of the molecule is COc1cccc(CCNC(=O)c2ccc(Nc3ccccc3)nc2)c1. The van der Waals surface area contributed by atoms with Crippen molar-refractivity contribution in [2.24, 2.45) is 0 Å². The van der Waals surface area contributed by atoms with E-state index in [1.165, 1.54) is 0 Å². The number of carbonyl (C=O) groups excluding carboxylic acids is 1. The third-order valence-electron chi connectivity index (χ3n) is 3.91. The summed E-state index contributed by atoms with van der Waals surface area (Å²) in [5, 5.41) is 6.10. The fourth-order valence-corrected chi connectivity index (χ4v) is 2.52. The highest BCUT2D eigenvalue weighted by atomic mass is 16.5. The van der Waals surface area contributed by atoms with Gasteiger partial charge in [0.1, 0.15) is 11.6 Å². The number of pyridine rings is 1. The Balaban J connectivity index is 1.51. The molecule has 132 valence electrons. The second-order valence-corrected chi connectivity index (χ2v) is 5.78. The molecule has 3 rings (SSSR count).